The van der Waals surface area contributed by atoms with Gasteiger partial charge in [0.1, 0.15) is 18.1 Å². The summed E-state index contributed by atoms with van der Waals surface area (Å²) in [4.78, 5) is 25.2. The van der Waals surface area contributed by atoms with Crippen molar-refractivity contribution in [3.63, 3.8) is 0 Å². The van der Waals surface area contributed by atoms with Gasteiger partial charge >= 0.3 is 6.09 Å². The van der Waals surface area contributed by atoms with Crippen molar-refractivity contribution in [2.24, 2.45) is 0 Å². The maximum absolute atomic E-state index is 11.2. The number of amides is 1. The van der Waals surface area contributed by atoms with Gasteiger partial charge in [0.05, 0.1) is 6.54 Å². The number of ketones is 1. The van der Waals surface area contributed by atoms with E-state index in [1.165, 1.54) is 13.1 Å². The van der Waals surface area contributed by atoms with Gasteiger partial charge in [-0.3, -0.25) is 4.79 Å². The number of Topliss-reactive ketones (excluding diaryl/α,β-unsaturated/α-hetero) is 1. The lowest BCUT2D eigenvalue weighted by atomic mass is 10.2. The number of carboxylic acid groups (broad SMARTS) is 1. The summed E-state index contributed by atoms with van der Waals surface area (Å²) in [7, 11) is 0. The lowest BCUT2D eigenvalue weighted by Gasteiger charge is -2.08. The van der Waals surface area contributed by atoms with Crippen molar-refractivity contribution in [3.05, 3.63) is 24.0 Å². The normalized spacial score (nSPS) is 9.56. The molecule has 0 fully saturated rings. The summed E-state index contributed by atoms with van der Waals surface area (Å²) >= 11 is 0. The molecule has 0 bridgehead atoms. The van der Waals surface area contributed by atoms with Gasteiger partial charge in [-0.05, 0) is 12.1 Å². The zero-order valence-electron chi connectivity index (χ0n) is 8.77. The smallest absolute Gasteiger partial charge is 0.404 e. The van der Waals surface area contributed by atoms with Gasteiger partial charge in [0.2, 0.25) is 0 Å². The van der Waals surface area contributed by atoms with Crippen LogP contribution in [0.25, 0.3) is 0 Å². The lowest BCUT2D eigenvalue weighted by molar-refractivity contribution is 0.100. The second kappa shape index (κ2) is 5.69. The molecular formula is C10H12N2O4. The second-order valence-electron chi connectivity index (χ2n) is 2.99. The van der Waals surface area contributed by atoms with E-state index in [2.05, 4.69) is 10.3 Å². The molecule has 16 heavy (non-hydrogen) atoms. The summed E-state index contributed by atoms with van der Waals surface area (Å²) in [5.74, 6) is 0.170. The average molecular weight is 224 g/mol. The third-order valence-electron chi connectivity index (χ3n) is 1.74. The molecule has 0 spiro atoms. The van der Waals surface area contributed by atoms with Crippen molar-refractivity contribution in [1.82, 2.24) is 10.3 Å². The van der Waals surface area contributed by atoms with Crippen molar-refractivity contribution >= 4 is 11.9 Å². The Bertz CT molecular complexity index is 392. The molecule has 0 radical (unpaired) electrons. The summed E-state index contributed by atoms with van der Waals surface area (Å²) in [5, 5.41) is 10.5. The SMILES string of the molecule is CC(=O)c1ncccc1OCCNC(=O)O. The number of carbonyl (C=O) groups excluding carboxylic acids is 1. The molecule has 6 nitrogen and oxygen atoms in total. The zero-order chi connectivity index (χ0) is 12.0. The van der Waals surface area contributed by atoms with Crippen LogP contribution in [-0.4, -0.2) is 35.1 Å². The van der Waals surface area contributed by atoms with Gasteiger partial charge in [0.25, 0.3) is 0 Å². The predicted molar refractivity (Wildman–Crippen MR) is 55.8 cm³/mol. The minimum atomic E-state index is -1.11. The Balaban J connectivity index is 2.53. The molecule has 0 atom stereocenters. The standard InChI is InChI=1S/C10H12N2O4/c1-7(13)9-8(3-2-4-11-9)16-6-5-12-10(14)15/h2-4,12H,5-6H2,1H3,(H,14,15). The molecule has 0 aromatic carbocycles. The first-order chi connectivity index (χ1) is 7.61. The Hall–Kier alpha value is -2.11. The van der Waals surface area contributed by atoms with E-state index in [1.807, 2.05) is 0 Å². The highest BCUT2D eigenvalue weighted by Gasteiger charge is 2.08. The van der Waals surface area contributed by atoms with E-state index in [9.17, 15) is 9.59 Å². The van der Waals surface area contributed by atoms with Crippen LogP contribution in [0.4, 0.5) is 4.79 Å². The number of pyridine rings is 1. The van der Waals surface area contributed by atoms with Crippen LogP contribution in [0.2, 0.25) is 0 Å². The zero-order valence-corrected chi connectivity index (χ0v) is 8.77. The van der Waals surface area contributed by atoms with E-state index in [0.29, 0.717) is 5.75 Å². The molecule has 86 valence electrons. The summed E-state index contributed by atoms with van der Waals surface area (Å²) in [6.45, 7) is 1.70. The Morgan fingerprint density at radius 3 is 2.94 bits per heavy atom. The fourth-order valence-corrected chi connectivity index (χ4v) is 1.09. The molecule has 1 aromatic heterocycles. The topological polar surface area (TPSA) is 88.5 Å². The van der Waals surface area contributed by atoms with Crippen molar-refractivity contribution in [2.75, 3.05) is 13.2 Å². The number of aromatic nitrogens is 1. The van der Waals surface area contributed by atoms with E-state index in [1.54, 1.807) is 12.1 Å². The van der Waals surface area contributed by atoms with Gasteiger partial charge in [0.15, 0.2) is 5.78 Å². The number of rotatable bonds is 5. The van der Waals surface area contributed by atoms with Gasteiger partial charge in [0, 0.05) is 13.1 Å². The number of hydrogen-bond donors (Lipinski definition) is 2. The molecule has 0 aliphatic heterocycles. The molecule has 0 saturated carbocycles. The van der Waals surface area contributed by atoms with E-state index >= 15 is 0 Å². The fraction of sp³-hybridized carbons (Fsp3) is 0.300. The molecular weight excluding hydrogens is 212 g/mol. The summed E-state index contributed by atoms with van der Waals surface area (Å²) in [5.41, 5.74) is 0.248. The van der Waals surface area contributed by atoms with E-state index < -0.39 is 6.09 Å². The Morgan fingerprint density at radius 1 is 1.56 bits per heavy atom. The number of nitrogens with zero attached hydrogens (tertiary/aromatic N) is 1. The summed E-state index contributed by atoms with van der Waals surface area (Å²) in [6, 6.07) is 3.26. The second-order valence-corrected chi connectivity index (χ2v) is 2.99. The van der Waals surface area contributed by atoms with Crippen LogP contribution in [0.5, 0.6) is 5.75 Å². The summed E-state index contributed by atoms with van der Waals surface area (Å²) < 4.78 is 5.24. The Labute approximate surface area is 92.3 Å². The van der Waals surface area contributed by atoms with Gasteiger partial charge < -0.3 is 15.2 Å². The van der Waals surface area contributed by atoms with Gasteiger partial charge in [-0.2, -0.15) is 0 Å². The maximum atomic E-state index is 11.2. The molecule has 0 aliphatic rings. The largest absolute Gasteiger partial charge is 0.489 e. The first-order valence-corrected chi connectivity index (χ1v) is 4.67. The highest BCUT2D eigenvalue weighted by atomic mass is 16.5. The van der Waals surface area contributed by atoms with Crippen LogP contribution in [-0.2, 0) is 0 Å². The summed E-state index contributed by atoms with van der Waals surface area (Å²) in [6.07, 6.45) is 0.389. The van der Waals surface area contributed by atoms with Crippen molar-refractivity contribution < 1.29 is 19.4 Å². The molecule has 0 saturated heterocycles. The number of hydrogen-bond acceptors (Lipinski definition) is 4. The molecule has 1 heterocycles. The minimum Gasteiger partial charge on any atom is -0.489 e. The molecule has 0 unspecified atom stereocenters. The molecule has 0 aliphatic carbocycles. The highest BCUT2D eigenvalue weighted by Crippen LogP contribution is 2.15. The number of nitrogens with one attached hydrogen (secondary N) is 1. The fourth-order valence-electron chi connectivity index (χ4n) is 1.09. The quantitative estimate of drug-likeness (QED) is 0.573. The van der Waals surface area contributed by atoms with E-state index in [-0.39, 0.29) is 24.6 Å². The van der Waals surface area contributed by atoms with Gasteiger partial charge in [-0.25, -0.2) is 9.78 Å². The molecule has 1 amide bonds. The van der Waals surface area contributed by atoms with Gasteiger partial charge in [-0.1, -0.05) is 0 Å². The van der Waals surface area contributed by atoms with Crippen molar-refractivity contribution in [3.8, 4) is 5.75 Å². The van der Waals surface area contributed by atoms with Crippen LogP contribution >= 0.6 is 0 Å². The van der Waals surface area contributed by atoms with E-state index in [0.717, 1.165) is 0 Å². The molecule has 1 rings (SSSR count). The highest BCUT2D eigenvalue weighted by molar-refractivity contribution is 5.94. The molecule has 6 heteroatoms. The van der Waals surface area contributed by atoms with Crippen LogP contribution in [0, 0.1) is 0 Å². The first kappa shape index (κ1) is 12.0. The third kappa shape index (κ3) is 3.56. The number of ether oxygens (including phenoxy) is 1. The maximum Gasteiger partial charge on any atom is 0.404 e. The van der Waals surface area contributed by atoms with Gasteiger partial charge in [-0.15, -0.1) is 0 Å². The van der Waals surface area contributed by atoms with Crippen molar-refractivity contribution in [2.45, 2.75) is 6.92 Å². The third-order valence-corrected chi connectivity index (χ3v) is 1.74. The van der Waals surface area contributed by atoms with Crippen molar-refractivity contribution in [1.29, 1.82) is 0 Å². The average Bonchev–Trinajstić information content (AvgIpc) is 2.24. The van der Waals surface area contributed by atoms with E-state index in [4.69, 9.17) is 9.84 Å². The molecule has 1 aromatic rings. The lowest BCUT2D eigenvalue weighted by Crippen LogP contribution is -2.26. The monoisotopic (exact) mass is 224 g/mol. The molecule has 2 N–H and O–H groups in total. The minimum absolute atomic E-state index is 0.151. The van der Waals surface area contributed by atoms with Crippen LogP contribution in [0.3, 0.4) is 0 Å². The Kier molecular flexibility index (Phi) is 4.26. The van der Waals surface area contributed by atoms with Crippen LogP contribution in [0.1, 0.15) is 17.4 Å². The first-order valence-electron chi connectivity index (χ1n) is 4.67. The Morgan fingerprint density at radius 2 is 2.31 bits per heavy atom. The van der Waals surface area contributed by atoms with Crippen LogP contribution < -0.4 is 10.1 Å². The van der Waals surface area contributed by atoms with Crippen LogP contribution in [0.15, 0.2) is 18.3 Å². The predicted octanol–water partition coefficient (Wildman–Crippen LogP) is 0.931. The number of carbonyl (C=O) groups is 2.